The van der Waals surface area contributed by atoms with Gasteiger partial charge in [-0.3, -0.25) is 0 Å². The Kier molecular flexibility index (Phi) is 3.92. The molecule has 0 saturated carbocycles. The van der Waals surface area contributed by atoms with Crippen LogP contribution in [0.15, 0.2) is 18.3 Å². The zero-order valence-electron chi connectivity index (χ0n) is 8.82. The van der Waals surface area contributed by atoms with E-state index in [0.29, 0.717) is 6.04 Å². The van der Waals surface area contributed by atoms with Gasteiger partial charge in [0.1, 0.15) is 5.82 Å². The average Bonchev–Trinajstić information content (AvgIpc) is 2.82. The van der Waals surface area contributed by atoms with Gasteiger partial charge in [0.2, 0.25) is 0 Å². The van der Waals surface area contributed by atoms with Crippen molar-refractivity contribution in [2.75, 3.05) is 23.5 Å². The molecule has 0 bridgehead atoms. The minimum atomic E-state index is 0.664. The molecule has 0 aromatic carbocycles. The lowest BCUT2D eigenvalue weighted by Crippen LogP contribution is -2.31. The summed E-state index contributed by atoms with van der Waals surface area (Å²) in [5.74, 6) is 3.61. The van der Waals surface area contributed by atoms with E-state index in [0.717, 1.165) is 11.1 Å². The average molecular weight is 287 g/mol. The van der Waals surface area contributed by atoms with Crippen LogP contribution in [0.5, 0.6) is 0 Å². The van der Waals surface area contributed by atoms with Crippen LogP contribution in [0.3, 0.4) is 0 Å². The van der Waals surface area contributed by atoms with Crippen molar-refractivity contribution in [3.05, 3.63) is 23.9 Å². The lowest BCUT2D eigenvalue weighted by molar-refractivity contribution is 0.691. The van der Waals surface area contributed by atoms with Crippen molar-refractivity contribution >= 4 is 33.5 Å². The van der Waals surface area contributed by atoms with E-state index in [2.05, 4.69) is 45.0 Å². The monoisotopic (exact) mass is 286 g/mol. The molecule has 1 fully saturated rings. The van der Waals surface area contributed by atoms with Crippen LogP contribution in [0.1, 0.15) is 12.0 Å². The lowest BCUT2D eigenvalue weighted by Gasteiger charge is -2.24. The molecule has 1 aromatic rings. The second-order valence-corrected chi connectivity index (χ2v) is 5.50. The third-order valence-electron chi connectivity index (χ3n) is 2.78. The smallest absolute Gasteiger partial charge is 0.128 e. The number of hydrogen-bond donors (Lipinski definition) is 0. The molecular formula is C11H15BrN2S. The molecule has 0 aliphatic carbocycles. The SMILES string of the molecule is CN(c1ccc(CBr)cn1)C1CCSC1. The third kappa shape index (κ3) is 2.67. The van der Waals surface area contributed by atoms with Crippen LogP contribution in [0.4, 0.5) is 5.82 Å². The van der Waals surface area contributed by atoms with Gasteiger partial charge in [-0.25, -0.2) is 4.98 Å². The van der Waals surface area contributed by atoms with Crippen molar-refractivity contribution in [3.8, 4) is 0 Å². The first-order valence-corrected chi connectivity index (χ1v) is 7.40. The molecule has 2 nitrogen and oxygen atoms in total. The molecule has 1 aromatic heterocycles. The van der Waals surface area contributed by atoms with Gasteiger partial charge in [-0.05, 0) is 23.8 Å². The van der Waals surface area contributed by atoms with Gasteiger partial charge in [0, 0.05) is 30.4 Å². The number of aromatic nitrogens is 1. The molecule has 0 N–H and O–H groups in total. The maximum Gasteiger partial charge on any atom is 0.128 e. The topological polar surface area (TPSA) is 16.1 Å². The Hall–Kier alpha value is -0.220. The van der Waals surface area contributed by atoms with E-state index in [1.165, 1.54) is 23.5 Å². The number of alkyl halides is 1. The second kappa shape index (κ2) is 5.21. The van der Waals surface area contributed by atoms with Crippen LogP contribution < -0.4 is 4.90 Å². The van der Waals surface area contributed by atoms with Crippen LogP contribution in [0.25, 0.3) is 0 Å². The highest BCUT2D eigenvalue weighted by Crippen LogP contribution is 2.24. The zero-order valence-corrected chi connectivity index (χ0v) is 11.2. The Bertz CT molecular complexity index is 309. The van der Waals surface area contributed by atoms with E-state index in [1.807, 2.05) is 18.0 Å². The van der Waals surface area contributed by atoms with Gasteiger partial charge in [0.15, 0.2) is 0 Å². The van der Waals surface area contributed by atoms with Crippen LogP contribution in [0, 0.1) is 0 Å². The molecule has 1 atom stereocenters. The van der Waals surface area contributed by atoms with E-state index < -0.39 is 0 Å². The summed E-state index contributed by atoms with van der Waals surface area (Å²) in [5, 5.41) is 0.878. The summed E-state index contributed by atoms with van der Waals surface area (Å²) in [6.07, 6.45) is 3.23. The summed E-state index contributed by atoms with van der Waals surface area (Å²) >= 11 is 5.46. The first kappa shape index (κ1) is 11.3. The van der Waals surface area contributed by atoms with Crippen LogP contribution >= 0.6 is 27.7 Å². The highest BCUT2D eigenvalue weighted by Gasteiger charge is 2.20. The van der Waals surface area contributed by atoms with Gasteiger partial charge in [0.25, 0.3) is 0 Å². The fourth-order valence-corrected chi connectivity index (χ4v) is 3.32. The summed E-state index contributed by atoms with van der Waals surface area (Å²) in [4.78, 5) is 6.78. The molecule has 1 saturated heterocycles. The van der Waals surface area contributed by atoms with Gasteiger partial charge in [-0.2, -0.15) is 11.8 Å². The number of thioether (sulfide) groups is 1. The summed E-state index contributed by atoms with van der Waals surface area (Å²) in [6.45, 7) is 0. The minimum Gasteiger partial charge on any atom is -0.356 e. The van der Waals surface area contributed by atoms with Crippen molar-refractivity contribution in [3.63, 3.8) is 0 Å². The molecule has 4 heteroatoms. The number of anilines is 1. The number of rotatable bonds is 3. The van der Waals surface area contributed by atoms with Gasteiger partial charge in [-0.1, -0.05) is 22.0 Å². The standard InChI is InChI=1S/C11H15BrN2S/c1-14(10-4-5-15-8-10)11-3-2-9(6-12)7-13-11/h2-3,7,10H,4-6,8H2,1H3. The zero-order chi connectivity index (χ0) is 10.7. The highest BCUT2D eigenvalue weighted by molar-refractivity contribution is 9.08. The van der Waals surface area contributed by atoms with E-state index >= 15 is 0 Å². The molecule has 0 radical (unpaired) electrons. The molecule has 82 valence electrons. The van der Waals surface area contributed by atoms with Crippen molar-refractivity contribution < 1.29 is 0 Å². The van der Waals surface area contributed by atoms with Crippen molar-refractivity contribution in [1.82, 2.24) is 4.98 Å². The summed E-state index contributed by atoms with van der Waals surface area (Å²) in [5.41, 5.74) is 1.23. The number of halogens is 1. The molecule has 1 unspecified atom stereocenters. The number of pyridine rings is 1. The fraction of sp³-hybridized carbons (Fsp3) is 0.545. The first-order valence-electron chi connectivity index (χ1n) is 5.12. The quantitative estimate of drug-likeness (QED) is 0.795. The molecule has 1 aliphatic rings. The van der Waals surface area contributed by atoms with Gasteiger partial charge in [0.05, 0.1) is 0 Å². The molecule has 0 spiro atoms. The number of hydrogen-bond acceptors (Lipinski definition) is 3. The van der Waals surface area contributed by atoms with E-state index in [1.54, 1.807) is 0 Å². The Morgan fingerprint density at radius 2 is 2.47 bits per heavy atom. The Morgan fingerprint density at radius 1 is 1.60 bits per heavy atom. The van der Waals surface area contributed by atoms with Crippen LogP contribution in [-0.2, 0) is 5.33 Å². The Balaban J connectivity index is 2.07. The second-order valence-electron chi connectivity index (χ2n) is 3.79. The van der Waals surface area contributed by atoms with Crippen LogP contribution in [0.2, 0.25) is 0 Å². The summed E-state index contributed by atoms with van der Waals surface area (Å²) in [7, 11) is 2.15. The molecule has 2 rings (SSSR count). The lowest BCUT2D eigenvalue weighted by atomic mass is 10.2. The van der Waals surface area contributed by atoms with Crippen molar-refractivity contribution in [2.45, 2.75) is 17.8 Å². The predicted octanol–water partition coefficient (Wildman–Crippen LogP) is 2.92. The molecule has 1 aliphatic heterocycles. The number of nitrogens with zero attached hydrogens (tertiary/aromatic N) is 2. The van der Waals surface area contributed by atoms with Crippen LogP contribution in [-0.4, -0.2) is 29.6 Å². The molecule has 2 heterocycles. The maximum absolute atomic E-state index is 4.48. The third-order valence-corrected chi connectivity index (χ3v) is 4.57. The summed E-state index contributed by atoms with van der Waals surface area (Å²) in [6, 6.07) is 4.91. The first-order chi connectivity index (χ1) is 7.31. The molecular weight excluding hydrogens is 272 g/mol. The normalized spacial score (nSPS) is 20.5. The van der Waals surface area contributed by atoms with Crippen molar-refractivity contribution in [1.29, 1.82) is 0 Å². The molecule has 15 heavy (non-hydrogen) atoms. The minimum absolute atomic E-state index is 0.664. The van der Waals surface area contributed by atoms with Gasteiger partial charge >= 0.3 is 0 Å². The van der Waals surface area contributed by atoms with Gasteiger partial charge < -0.3 is 4.90 Å². The Morgan fingerprint density at radius 3 is 3.00 bits per heavy atom. The fourth-order valence-electron chi connectivity index (χ4n) is 1.72. The Labute approximate surface area is 104 Å². The van der Waals surface area contributed by atoms with E-state index in [4.69, 9.17) is 0 Å². The van der Waals surface area contributed by atoms with Gasteiger partial charge in [-0.15, -0.1) is 0 Å². The van der Waals surface area contributed by atoms with E-state index in [-0.39, 0.29) is 0 Å². The predicted molar refractivity (Wildman–Crippen MR) is 71.0 cm³/mol. The summed E-state index contributed by atoms with van der Waals surface area (Å²) < 4.78 is 0. The maximum atomic E-state index is 4.48. The van der Waals surface area contributed by atoms with E-state index in [9.17, 15) is 0 Å². The highest BCUT2D eigenvalue weighted by atomic mass is 79.9. The molecule has 0 amide bonds. The van der Waals surface area contributed by atoms with Crippen molar-refractivity contribution in [2.24, 2.45) is 0 Å². The largest absolute Gasteiger partial charge is 0.356 e.